The van der Waals surface area contributed by atoms with E-state index in [2.05, 4.69) is 4.74 Å². The van der Waals surface area contributed by atoms with Gasteiger partial charge in [0.2, 0.25) is 0 Å². The molecule has 1 aromatic carbocycles. The third kappa shape index (κ3) is 4.46. The van der Waals surface area contributed by atoms with Crippen molar-refractivity contribution >= 4 is 12.0 Å². The second-order valence-electron chi connectivity index (χ2n) is 2.19. The molecule has 0 bridgehead atoms. The average molecular weight is 167 g/mol. The van der Waals surface area contributed by atoms with Crippen molar-refractivity contribution in [2.45, 2.75) is 0 Å². The highest BCUT2D eigenvalue weighted by Crippen LogP contribution is 2.01. The van der Waals surface area contributed by atoms with Crippen molar-refractivity contribution in [3.05, 3.63) is 29.8 Å². The van der Waals surface area contributed by atoms with Crippen LogP contribution in [0.3, 0.4) is 0 Å². The van der Waals surface area contributed by atoms with Crippen molar-refractivity contribution in [1.82, 2.24) is 0 Å². The minimum atomic E-state index is 0.657. The summed E-state index contributed by atoms with van der Waals surface area (Å²) in [4.78, 5) is 10.1. The van der Waals surface area contributed by atoms with Crippen LogP contribution in [0.5, 0.6) is 0 Å². The van der Waals surface area contributed by atoms with Gasteiger partial charge in [0.25, 0.3) is 0 Å². The van der Waals surface area contributed by atoms with Gasteiger partial charge in [-0.25, -0.2) is 0 Å². The van der Waals surface area contributed by atoms with Crippen molar-refractivity contribution in [3.63, 3.8) is 0 Å². The summed E-state index contributed by atoms with van der Waals surface area (Å²) in [5.74, 6) is 0. The molecular weight excluding hydrogens is 154 g/mol. The van der Waals surface area contributed by atoms with Crippen LogP contribution in [0, 0.1) is 0 Å². The number of aldehydes is 1. The number of carbonyl (C=O) groups excluding carboxylic acids is 1. The fraction of sp³-hybridized carbons (Fsp3) is 0.222. The maximum Gasteiger partial charge on any atom is 0.150 e. The van der Waals surface area contributed by atoms with E-state index in [-0.39, 0.29) is 0 Å². The SMILES string of the molecule is COC.Nc1ccc(C=O)cc1. The van der Waals surface area contributed by atoms with Crippen molar-refractivity contribution in [2.24, 2.45) is 0 Å². The summed E-state index contributed by atoms with van der Waals surface area (Å²) >= 11 is 0. The minimum absolute atomic E-state index is 0.657. The van der Waals surface area contributed by atoms with Gasteiger partial charge in [0, 0.05) is 25.5 Å². The first-order valence-corrected chi connectivity index (χ1v) is 3.45. The topological polar surface area (TPSA) is 52.3 Å². The molecule has 1 aromatic rings. The summed E-state index contributed by atoms with van der Waals surface area (Å²) in [5, 5.41) is 0. The highest BCUT2D eigenvalue weighted by molar-refractivity contribution is 5.75. The molecule has 0 aliphatic rings. The molecule has 3 heteroatoms. The van der Waals surface area contributed by atoms with E-state index < -0.39 is 0 Å². The maximum atomic E-state index is 10.1. The van der Waals surface area contributed by atoms with Gasteiger partial charge in [-0.2, -0.15) is 0 Å². The monoisotopic (exact) mass is 167 g/mol. The number of carbonyl (C=O) groups is 1. The fourth-order valence-corrected chi connectivity index (χ4v) is 0.575. The summed E-state index contributed by atoms with van der Waals surface area (Å²) in [6.07, 6.45) is 0.791. The maximum absolute atomic E-state index is 10.1. The Kier molecular flexibility index (Phi) is 5.65. The molecule has 0 atom stereocenters. The Labute approximate surface area is 72.1 Å². The molecule has 0 heterocycles. The van der Waals surface area contributed by atoms with E-state index in [0.717, 1.165) is 6.29 Å². The molecular formula is C9H13NO2. The molecule has 66 valence electrons. The summed E-state index contributed by atoms with van der Waals surface area (Å²) < 4.78 is 4.25. The average Bonchev–Trinajstić information content (AvgIpc) is 2.07. The first kappa shape index (κ1) is 10.7. The fourth-order valence-electron chi connectivity index (χ4n) is 0.575. The molecule has 0 spiro atoms. The van der Waals surface area contributed by atoms with E-state index >= 15 is 0 Å². The van der Waals surface area contributed by atoms with Gasteiger partial charge in [0.15, 0.2) is 0 Å². The second-order valence-corrected chi connectivity index (χ2v) is 2.19. The molecule has 3 nitrogen and oxygen atoms in total. The Hall–Kier alpha value is -1.35. The van der Waals surface area contributed by atoms with Gasteiger partial charge in [0.1, 0.15) is 6.29 Å². The van der Waals surface area contributed by atoms with Crippen LogP contribution in [0.2, 0.25) is 0 Å². The molecule has 0 radical (unpaired) electrons. The third-order valence-corrected chi connectivity index (χ3v) is 1.07. The molecule has 0 saturated heterocycles. The summed E-state index contributed by atoms with van der Waals surface area (Å²) in [6.45, 7) is 0. The Morgan fingerprint density at radius 3 is 2.00 bits per heavy atom. The Balaban J connectivity index is 0.000000354. The number of ether oxygens (including phenoxy) is 1. The number of rotatable bonds is 1. The van der Waals surface area contributed by atoms with Crippen LogP contribution in [0.1, 0.15) is 10.4 Å². The lowest BCUT2D eigenvalue weighted by Crippen LogP contribution is -1.84. The summed E-state index contributed by atoms with van der Waals surface area (Å²) in [7, 11) is 3.25. The summed E-state index contributed by atoms with van der Waals surface area (Å²) in [5.41, 5.74) is 6.70. The van der Waals surface area contributed by atoms with Crippen LogP contribution in [0.15, 0.2) is 24.3 Å². The standard InChI is InChI=1S/C7H7NO.C2H6O/c8-7-3-1-6(5-9)2-4-7;1-3-2/h1-5H,8H2;1-2H3. The predicted molar refractivity (Wildman–Crippen MR) is 49.2 cm³/mol. The van der Waals surface area contributed by atoms with E-state index in [4.69, 9.17) is 5.73 Å². The molecule has 0 saturated carbocycles. The van der Waals surface area contributed by atoms with Gasteiger partial charge in [-0.15, -0.1) is 0 Å². The largest absolute Gasteiger partial charge is 0.399 e. The van der Waals surface area contributed by atoms with Gasteiger partial charge in [-0.1, -0.05) is 0 Å². The van der Waals surface area contributed by atoms with Crippen LogP contribution >= 0.6 is 0 Å². The zero-order valence-electron chi connectivity index (χ0n) is 7.28. The number of benzene rings is 1. The normalized spacial score (nSPS) is 8.17. The summed E-state index contributed by atoms with van der Waals surface area (Å²) in [6, 6.07) is 6.76. The zero-order chi connectivity index (χ0) is 9.40. The van der Waals surface area contributed by atoms with Crippen LogP contribution in [-0.4, -0.2) is 20.5 Å². The number of nitrogens with two attached hydrogens (primary N) is 1. The molecule has 2 N–H and O–H groups in total. The third-order valence-electron chi connectivity index (χ3n) is 1.07. The molecule has 0 amide bonds. The molecule has 1 rings (SSSR count). The van der Waals surface area contributed by atoms with Gasteiger partial charge in [0.05, 0.1) is 0 Å². The van der Waals surface area contributed by atoms with E-state index in [0.29, 0.717) is 11.3 Å². The number of hydrogen-bond donors (Lipinski definition) is 1. The first-order chi connectivity index (χ1) is 5.74. The van der Waals surface area contributed by atoms with E-state index in [1.807, 2.05) is 0 Å². The lowest BCUT2D eigenvalue weighted by Gasteiger charge is -1.89. The lowest BCUT2D eigenvalue weighted by molar-refractivity contribution is 0.112. The lowest BCUT2D eigenvalue weighted by atomic mass is 10.2. The highest BCUT2D eigenvalue weighted by atomic mass is 16.4. The van der Waals surface area contributed by atoms with Crippen LogP contribution in [-0.2, 0) is 4.74 Å². The molecule has 0 aliphatic carbocycles. The van der Waals surface area contributed by atoms with Crippen molar-refractivity contribution in [2.75, 3.05) is 20.0 Å². The van der Waals surface area contributed by atoms with E-state index in [1.165, 1.54) is 0 Å². The van der Waals surface area contributed by atoms with Gasteiger partial charge in [-0.05, 0) is 24.3 Å². The Bertz CT molecular complexity index is 218. The number of hydrogen-bond acceptors (Lipinski definition) is 3. The second kappa shape index (κ2) is 6.37. The predicted octanol–water partition coefficient (Wildman–Crippen LogP) is 1.34. The van der Waals surface area contributed by atoms with Crippen molar-refractivity contribution in [1.29, 1.82) is 0 Å². The van der Waals surface area contributed by atoms with E-state index in [1.54, 1.807) is 38.5 Å². The van der Waals surface area contributed by atoms with Gasteiger partial charge < -0.3 is 10.5 Å². The number of methoxy groups -OCH3 is 1. The molecule has 0 aliphatic heterocycles. The highest BCUT2D eigenvalue weighted by Gasteiger charge is 1.85. The zero-order valence-corrected chi connectivity index (χ0v) is 7.28. The molecule has 0 fully saturated rings. The van der Waals surface area contributed by atoms with Crippen LogP contribution < -0.4 is 5.73 Å². The molecule has 0 aromatic heterocycles. The van der Waals surface area contributed by atoms with Crippen LogP contribution in [0.25, 0.3) is 0 Å². The quantitative estimate of drug-likeness (QED) is 0.507. The van der Waals surface area contributed by atoms with Gasteiger partial charge in [-0.3, -0.25) is 4.79 Å². The van der Waals surface area contributed by atoms with Crippen LogP contribution in [0.4, 0.5) is 5.69 Å². The first-order valence-electron chi connectivity index (χ1n) is 3.45. The van der Waals surface area contributed by atoms with E-state index in [9.17, 15) is 4.79 Å². The van der Waals surface area contributed by atoms with Crippen molar-refractivity contribution in [3.8, 4) is 0 Å². The van der Waals surface area contributed by atoms with Crippen molar-refractivity contribution < 1.29 is 9.53 Å². The molecule has 0 unspecified atom stereocenters. The van der Waals surface area contributed by atoms with Gasteiger partial charge >= 0.3 is 0 Å². The Morgan fingerprint density at radius 2 is 1.67 bits per heavy atom. The number of anilines is 1. The molecule has 12 heavy (non-hydrogen) atoms. The minimum Gasteiger partial charge on any atom is -0.399 e. The smallest absolute Gasteiger partial charge is 0.150 e. The Morgan fingerprint density at radius 1 is 1.25 bits per heavy atom. The number of nitrogen functional groups attached to an aromatic ring is 1.